The van der Waals surface area contributed by atoms with E-state index in [-0.39, 0.29) is 23.3 Å². The van der Waals surface area contributed by atoms with Gasteiger partial charge in [-0.15, -0.1) is 0 Å². The monoisotopic (exact) mass is 312 g/mol. The van der Waals surface area contributed by atoms with Crippen LogP contribution in [0.2, 0.25) is 0 Å². The molecule has 6 nitrogen and oxygen atoms in total. The van der Waals surface area contributed by atoms with Gasteiger partial charge in [0.25, 0.3) is 0 Å². The van der Waals surface area contributed by atoms with E-state index in [1.165, 1.54) is 12.1 Å². The van der Waals surface area contributed by atoms with Gasteiger partial charge in [0, 0.05) is 25.0 Å². The molecule has 1 amide bonds. The summed E-state index contributed by atoms with van der Waals surface area (Å²) in [5.41, 5.74) is 1.34. The Hall–Kier alpha value is -1.44. The minimum atomic E-state index is -3.29. The standard InChI is InChI=1S/C14H20N2O4S/c1-10-3-4-12(21(2,18)19)8-13(10)16-14(17)7-11-9-15-5-6-20-11/h3-4,8,11,15H,5-7,9H2,1-2H3,(H,16,17). The predicted octanol–water partition coefficient (Wildman–Crippen LogP) is 0.716. The molecule has 1 fully saturated rings. The fourth-order valence-electron chi connectivity index (χ4n) is 2.13. The van der Waals surface area contributed by atoms with Crippen LogP contribution < -0.4 is 10.6 Å². The first-order valence-corrected chi connectivity index (χ1v) is 8.68. The molecule has 1 heterocycles. The topological polar surface area (TPSA) is 84.5 Å². The van der Waals surface area contributed by atoms with E-state index in [1.54, 1.807) is 6.07 Å². The van der Waals surface area contributed by atoms with Crippen molar-refractivity contribution in [2.45, 2.75) is 24.3 Å². The number of amides is 1. The van der Waals surface area contributed by atoms with Crippen molar-refractivity contribution >= 4 is 21.4 Å². The number of ether oxygens (including phenoxy) is 1. The maximum Gasteiger partial charge on any atom is 0.227 e. The molecule has 1 aromatic carbocycles. The van der Waals surface area contributed by atoms with Gasteiger partial charge in [0.15, 0.2) is 9.84 Å². The minimum Gasteiger partial charge on any atom is -0.375 e. The summed E-state index contributed by atoms with van der Waals surface area (Å²) in [7, 11) is -3.29. The molecular weight excluding hydrogens is 292 g/mol. The number of carbonyl (C=O) groups excluding carboxylic acids is 1. The number of aryl methyl sites for hydroxylation is 1. The molecule has 21 heavy (non-hydrogen) atoms. The number of hydrogen-bond acceptors (Lipinski definition) is 5. The number of anilines is 1. The molecule has 0 radical (unpaired) electrons. The molecule has 7 heteroatoms. The minimum absolute atomic E-state index is 0.142. The third kappa shape index (κ3) is 4.52. The van der Waals surface area contributed by atoms with Crippen LogP contribution in [0.25, 0.3) is 0 Å². The summed E-state index contributed by atoms with van der Waals surface area (Å²) < 4.78 is 28.6. The first-order chi connectivity index (χ1) is 9.86. The quantitative estimate of drug-likeness (QED) is 0.855. The second kappa shape index (κ2) is 6.55. The van der Waals surface area contributed by atoms with Crippen molar-refractivity contribution in [2.24, 2.45) is 0 Å². The Morgan fingerprint density at radius 1 is 1.48 bits per heavy atom. The van der Waals surface area contributed by atoms with Crippen LogP contribution in [0.1, 0.15) is 12.0 Å². The highest BCUT2D eigenvalue weighted by molar-refractivity contribution is 7.90. The number of carbonyl (C=O) groups is 1. The molecule has 1 atom stereocenters. The van der Waals surface area contributed by atoms with Crippen molar-refractivity contribution in [2.75, 3.05) is 31.3 Å². The molecule has 1 unspecified atom stereocenters. The maximum atomic E-state index is 12.0. The van der Waals surface area contributed by atoms with Crippen LogP contribution >= 0.6 is 0 Å². The van der Waals surface area contributed by atoms with Crippen molar-refractivity contribution in [3.05, 3.63) is 23.8 Å². The number of sulfone groups is 1. The van der Waals surface area contributed by atoms with Gasteiger partial charge >= 0.3 is 0 Å². The van der Waals surface area contributed by atoms with Crippen LogP contribution in [0.4, 0.5) is 5.69 Å². The van der Waals surface area contributed by atoms with Gasteiger partial charge in [0.05, 0.1) is 24.0 Å². The van der Waals surface area contributed by atoms with Crippen molar-refractivity contribution in [3.8, 4) is 0 Å². The van der Waals surface area contributed by atoms with Crippen LogP contribution in [0.15, 0.2) is 23.1 Å². The fourth-order valence-corrected chi connectivity index (χ4v) is 2.77. The van der Waals surface area contributed by atoms with Crippen molar-refractivity contribution in [3.63, 3.8) is 0 Å². The molecular formula is C14H20N2O4S. The molecule has 0 aliphatic carbocycles. The number of morpholine rings is 1. The second-order valence-corrected chi connectivity index (χ2v) is 7.21. The Morgan fingerprint density at radius 2 is 2.24 bits per heavy atom. The highest BCUT2D eigenvalue weighted by Crippen LogP contribution is 2.20. The zero-order valence-electron chi connectivity index (χ0n) is 12.2. The lowest BCUT2D eigenvalue weighted by Crippen LogP contribution is -2.40. The molecule has 0 saturated carbocycles. The molecule has 1 saturated heterocycles. The molecule has 2 N–H and O–H groups in total. The lowest BCUT2D eigenvalue weighted by atomic mass is 10.1. The summed E-state index contributed by atoms with van der Waals surface area (Å²) in [6, 6.07) is 4.71. The normalized spacial score (nSPS) is 19.2. The van der Waals surface area contributed by atoms with Gasteiger partial charge in [-0.25, -0.2) is 8.42 Å². The van der Waals surface area contributed by atoms with E-state index in [4.69, 9.17) is 4.74 Å². The van der Waals surface area contributed by atoms with E-state index in [0.29, 0.717) is 18.8 Å². The zero-order valence-corrected chi connectivity index (χ0v) is 13.0. The lowest BCUT2D eigenvalue weighted by molar-refractivity contribution is -0.119. The molecule has 2 rings (SSSR count). The Bertz CT molecular complexity index is 622. The van der Waals surface area contributed by atoms with E-state index in [0.717, 1.165) is 18.4 Å². The SMILES string of the molecule is Cc1ccc(S(C)(=O)=O)cc1NC(=O)CC1CNCCO1. The highest BCUT2D eigenvalue weighted by atomic mass is 32.2. The number of hydrogen-bond donors (Lipinski definition) is 2. The summed E-state index contributed by atoms with van der Waals surface area (Å²) in [5.74, 6) is -0.183. The van der Waals surface area contributed by atoms with E-state index < -0.39 is 9.84 Å². The third-order valence-electron chi connectivity index (χ3n) is 3.33. The summed E-state index contributed by atoms with van der Waals surface area (Å²) in [6.45, 7) is 3.87. The first kappa shape index (κ1) is 15.9. The van der Waals surface area contributed by atoms with Crippen molar-refractivity contribution in [1.29, 1.82) is 0 Å². The fraction of sp³-hybridized carbons (Fsp3) is 0.500. The predicted molar refractivity (Wildman–Crippen MR) is 80.1 cm³/mol. The van der Waals surface area contributed by atoms with Gasteiger partial charge in [0.1, 0.15) is 0 Å². The average Bonchev–Trinajstić information content (AvgIpc) is 2.41. The van der Waals surface area contributed by atoms with E-state index in [1.807, 2.05) is 6.92 Å². The van der Waals surface area contributed by atoms with Crippen molar-refractivity contribution in [1.82, 2.24) is 5.32 Å². The van der Waals surface area contributed by atoms with E-state index in [9.17, 15) is 13.2 Å². The molecule has 1 aliphatic heterocycles. The van der Waals surface area contributed by atoms with Gasteiger partial charge in [-0.3, -0.25) is 4.79 Å². The lowest BCUT2D eigenvalue weighted by Gasteiger charge is -2.23. The summed E-state index contributed by atoms with van der Waals surface area (Å²) >= 11 is 0. The van der Waals surface area contributed by atoms with Gasteiger partial charge < -0.3 is 15.4 Å². The van der Waals surface area contributed by atoms with Crippen LogP contribution in [0.5, 0.6) is 0 Å². The van der Waals surface area contributed by atoms with Gasteiger partial charge in [-0.1, -0.05) is 6.07 Å². The molecule has 1 aliphatic rings. The largest absolute Gasteiger partial charge is 0.375 e. The van der Waals surface area contributed by atoms with Gasteiger partial charge in [-0.2, -0.15) is 0 Å². The van der Waals surface area contributed by atoms with E-state index in [2.05, 4.69) is 10.6 Å². The Labute approximate surface area is 124 Å². The summed E-state index contributed by atoms with van der Waals surface area (Å²) in [5, 5.41) is 5.92. The average molecular weight is 312 g/mol. The molecule has 1 aromatic rings. The molecule has 0 aromatic heterocycles. The Kier molecular flexibility index (Phi) is 4.97. The van der Waals surface area contributed by atoms with E-state index >= 15 is 0 Å². The van der Waals surface area contributed by atoms with Gasteiger partial charge in [0.2, 0.25) is 5.91 Å². The van der Waals surface area contributed by atoms with Gasteiger partial charge in [-0.05, 0) is 24.6 Å². The molecule has 0 spiro atoms. The number of rotatable bonds is 4. The Balaban J connectivity index is 2.06. The number of benzene rings is 1. The van der Waals surface area contributed by atoms with Crippen LogP contribution in [-0.4, -0.2) is 46.4 Å². The first-order valence-electron chi connectivity index (χ1n) is 6.79. The van der Waals surface area contributed by atoms with Crippen LogP contribution in [-0.2, 0) is 19.4 Å². The number of nitrogens with one attached hydrogen (secondary N) is 2. The van der Waals surface area contributed by atoms with Crippen LogP contribution in [0.3, 0.4) is 0 Å². The maximum absolute atomic E-state index is 12.0. The zero-order chi connectivity index (χ0) is 15.5. The smallest absolute Gasteiger partial charge is 0.227 e. The molecule has 0 bridgehead atoms. The third-order valence-corrected chi connectivity index (χ3v) is 4.44. The Morgan fingerprint density at radius 3 is 2.86 bits per heavy atom. The van der Waals surface area contributed by atoms with Crippen molar-refractivity contribution < 1.29 is 17.9 Å². The van der Waals surface area contributed by atoms with Crippen LogP contribution in [0, 0.1) is 6.92 Å². The summed E-state index contributed by atoms with van der Waals surface area (Å²) in [4.78, 5) is 12.2. The second-order valence-electron chi connectivity index (χ2n) is 5.20. The summed E-state index contributed by atoms with van der Waals surface area (Å²) in [6.07, 6.45) is 1.25. The highest BCUT2D eigenvalue weighted by Gasteiger charge is 2.18. The molecule has 116 valence electrons.